The van der Waals surface area contributed by atoms with E-state index in [0.29, 0.717) is 19.4 Å². The second-order valence-electron chi connectivity index (χ2n) is 28.5. The fourth-order valence-electron chi connectivity index (χ4n) is 13.0. The van der Waals surface area contributed by atoms with E-state index in [-0.39, 0.29) is 18.5 Å². The zero-order valence-electron chi connectivity index (χ0n) is 61.7. The third kappa shape index (κ3) is 59.7. The molecule has 552 valence electrons. The summed E-state index contributed by atoms with van der Waals surface area (Å²) < 4.78 is 16.8. The average Bonchev–Trinajstić information content (AvgIpc) is 0.844. The predicted molar refractivity (Wildman–Crippen MR) is 398 cm³/mol. The molecule has 0 aliphatic carbocycles. The number of carbonyl (C=O) groups is 2. The number of aliphatic hydroxyl groups is 5. The molecule has 1 aliphatic heterocycles. The number of rotatable bonds is 73. The minimum Gasteiger partial charge on any atom is -0.466 e. The minimum atomic E-state index is -1.57. The van der Waals surface area contributed by atoms with Crippen molar-refractivity contribution >= 4 is 11.9 Å². The molecular weight excluding hydrogens is 1170 g/mol. The van der Waals surface area contributed by atoms with Crippen molar-refractivity contribution in [3.8, 4) is 0 Å². The van der Waals surface area contributed by atoms with Gasteiger partial charge in [0.15, 0.2) is 6.29 Å². The third-order valence-electron chi connectivity index (χ3n) is 19.4. The van der Waals surface area contributed by atoms with E-state index in [2.05, 4.69) is 55.6 Å². The highest BCUT2D eigenvalue weighted by molar-refractivity contribution is 5.76. The van der Waals surface area contributed by atoms with Crippen LogP contribution in [0, 0.1) is 0 Å². The van der Waals surface area contributed by atoms with Crippen LogP contribution in [-0.4, -0.2) is 100 Å². The zero-order valence-corrected chi connectivity index (χ0v) is 61.7. The molecule has 7 atom stereocenters. The predicted octanol–water partition coefficient (Wildman–Crippen LogP) is 22.3. The summed E-state index contributed by atoms with van der Waals surface area (Å²) in [4.78, 5) is 25.2. The van der Waals surface area contributed by atoms with Crippen molar-refractivity contribution in [2.75, 3.05) is 19.8 Å². The van der Waals surface area contributed by atoms with Crippen LogP contribution in [0.2, 0.25) is 0 Å². The summed E-state index contributed by atoms with van der Waals surface area (Å²) in [7, 11) is 0. The average molecular weight is 1330 g/mol. The van der Waals surface area contributed by atoms with Crippen LogP contribution in [0.25, 0.3) is 0 Å². The van der Waals surface area contributed by atoms with Crippen LogP contribution in [0.1, 0.15) is 406 Å². The first kappa shape index (κ1) is 89.6. The van der Waals surface area contributed by atoms with Gasteiger partial charge in [-0.05, 0) is 89.9 Å². The van der Waals surface area contributed by atoms with Crippen LogP contribution in [0.3, 0.4) is 0 Å². The van der Waals surface area contributed by atoms with Crippen molar-refractivity contribution in [3.63, 3.8) is 0 Å². The molecule has 0 radical (unpaired) electrons. The monoisotopic (exact) mass is 1330 g/mol. The Hall–Kier alpha value is -2.38. The molecule has 94 heavy (non-hydrogen) atoms. The maximum atomic E-state index is 13.1. The molecule has 1 aliphatic rings. The van der Waals surface area contributed by atoms with Gasteiger partial charge in [0.1, 0.15) is 24.4 Å². The number of nitrogens with one attached hydrogen (secondary N) is 1. The van der Waals surface area contributed by atoms with Gasteiger partial charge in [0, 0.05) is 12.8 Å². The molecule has 1 saturated heterocycles. The Labute approximate surface area is 580 Å². The molecule has 0 aromatic heterocycles. The van der Waals surface area contributed by atoms with Crippen LogP contribution in [0.4, 0.5) is 0 Å². The number of ether oxygens (including phenoxy) is 3. The van der Waals surface area contributed by atoms with Gasteiger partial charge in [-0.2, -0.15) is 0 Å². The second kappa shape index (κ2) is 71.9. The van der Waals surface area contributed by atoms with Crippen molar-refractivity contribution in [2.45, 2.75) is 448 Å². The van der Waals surface area contributed by atoms with Crippen molar-refractivity contribution in [3.05, 3.63) is 48.6 Å². The number of esters is 1. The van der Waals surface area contributed by atoms with E-state index in [4.69, 9.17) is 14.2 Å². The maximum Gasteiger partial charge on any atom is 0.305 e. The van der Waals surface area contributed by atoms with Crippen molar-refractivity contribution in [2.24, 2.45) is 0 Å². The Morgan fingerprint density at radius 2 is 0.713 bits per heavy atom. The van der Waals surface area contributed by atoms with E-state index in [1.54, 1.807) is 6.08 Å². The van der Waals surface area contributed by atoms with Crippen molar-refractivity contribution in [1.82, 2.24) is 5.32 Å². The highest BCUT2D eigenvalue weighted by Crippen LogP contribution is 2.24. The van der Waals surface area contributed by atoms with E-state index in [1.807, 2.05) is 6.08 Å². The fraction of sp³-hybridized carbons (Fsp3) is 0.880. The third-order valence-corrected chi connectivity index (χ3v) is 19.4. The Morgan fingerprint density at radius 1 is 0.394 bits per heavy atom. The Morgan fingerprint density at radius 3 is 1.10 bits per heavy atom. The molecule has 0 saturated carbocycles. The molecule has 7 unspecified atom stereocenters. The number of allylic oxidation sites excluding steroid dienone is 7. The van der Waals surface area contributed by atoms with Crippen LogP contribution >= 0.6 is 0 Å². The van der Waals surface area contributed by atoms with Crippen LogP contribution in [-0.2, 0) is 23.8 Å². The second-order valence-corrected chi connectivity index (χ2v) is 28.5. The fourth-order valence-corrected chi connectivity index (χ4v) is 13.0. The summed E-state index contributed by atoms with van der Waals surface area (Å²) in [5, 5.41) is 54.6. The van der Waals surface area contributed by atoms with Gasteiger partial charge in [-0.25, -0.2) is 0 Å². The SMILES string of the molecule is CCCCCC/C=C\CCCCCCCC(=O)OCCCCCCCCCCCCCCCCC/C=C\C/C=C\CCCCCCCCCCCCCCCCCCCC(=O)NC(COC1OC(CO)C(O)C(O)C1O)C(O)/C=C/CCCCCCCCCCCCCC. The highest BCUT2D eigenvalue weighted by Gasteiger charge is 2.44. The van der Waals surface area contributed by atoms with Gasteiger partial charge in [0.05, 0.1) is 32.0 Å². The van der Waals surface area contributed by atoms with Crippen molar-refractivity contribution < 1.29 is 49.3 Å². The number of hydrogen-bond acceptors (Lipinski definition) is 10. The number of unbranched alkanes of at least 4 members (excludes halogenated alkanes) is 53. The largest absolute Gasteiger partial charge is 0.466 e. The molecule has 1 rings (SSSR count). The van der Waals surface area contributed by atoms with Gasteiger partial charge < -0.3 is 45.1 Å². The lowest BCUT2D eigenvalue weighted by Crippen LogP contribution is -2.60. The Bertz CT molecular complexity index is 1700. The smallest absolute Gasteiger partial charge is 0.305 e. The van der Waals surface area contributed by atoms with E-state index < -0.39 is 49.5 Å². The summed E-state index contributed by atoms with van der Waals surface area (Å²) in [6.45, 7) is 4.38. The van der Waals surface area contributed by atoms with Gasteiger partial charge in [0.2, 0.25) is 5.91 Å². The molecule has 6 N–H and O–H groups in total. The van der Waals surface area contributed by atoms with E-state index in [1.165, 1.54) is 315 Å². The van der Waals surface area contributed by atoms with Gasteiger partial charge in [0.25, 0.3) is 0 Å². The van der Waals surface area contributed by atoms with Gasteiger partial charge in [-0.1, -0.05) is 351 Å². The van der Waals surface area contributed by atoms with Gasteiger partial charge in [-0.15, -0.1) is 0 Å². The summed E-state index contributed by atoms with van der Waals surface area (Å²) in [5.41, 5.74) is 0. The van der Waals surface area contributed by atoms with Crippen molar-refractivity contribution in [1.29, 1.82) is 0 Å². The van der Waals surface area contributed by atoms with Gasteiger partial charge in [-0.3, -0.25) is 9.59 Å². The highest BCUT2D eigenvalue weighted by atomic mass is 16.7. The molecule has 11 heteroatoms. The number of hydrogen-bond donors (Lipinski definition) is 6. The van der Waals surface area contributed by atoms with Gasteiger partial charge >= 0.3 is 5.97 Å². The Balaban J connectivity index is 1.91. The van der Waals surface area contributed by atoms with Crippen LogP contribution in [0.5, 0.6) is 0 Å². The number of amides is 1. The first-order valence-corrected chi connectivity index (χ1v) is 40.9. The lowest BCUT2D eigenvalue weighted by Gasteiger charge is -2.40. The molecule has 0 spiro atoms. The number of carbonyl (C=O) groups excluding carboxylic acids is 2. The quantitative estimate of drug-likeness (QED) is 0.0195. The molecular formula is C83H155NO10. The standard InChI is InChI=1S/C83H155NO10/c1-3-5-7-9-11-13-15-17-46-49-53-57-61-65-69-76(86)75(74-93-83-82(91)81(90)80(89)77(73-85)94-83)84-78(87)70-66-62-58-54-50-47-43-41-39-37-35-33-31-29-27-25-23-21-19-18-20-22-24-26-28-30-32-34-36-38-40-42-44-48-52-56-60-64-68-72-92-79(88)71-67-63-59-55-51-45-16-14-12-10-8-6-4-2/h14,16,18-19,22,24,65,69,75-77,80-83,85-86,89-91H,3-13,15,17,20-21,23,25-64,66-68,70-74H2,1-2H3,(H,84,87)/b16-14-,19-18-,24-22-,69-65+. The molecule has 0 aromatic carbocycles. The van der Waals surface area contributed by atoms with Crippen LogP contribution < -0.4 is 5.32 Å². The first-order chi connectivity index (χ1) is 46.2. The van der Waals surface area contributed by atoms with Crippen LogP contribution in [0.15, 0.2) is 48.6 Å². The van der Waals surface area contributed by atoms with E-state index in [9.17, 15) is 35.1 Å². The zero-order chi connectivity index (χ0) is 67.9. The first-order valence-electron chi connectivity index (χ1n) is 40.9. The van der Waals surface area contributed by atoms with E-state index >= 15 is 0 Å². The molecule has 0 bridgehead atoms. The molecule has 1 heterocycles. The lowest BCUT2D eigenvalue weighted by atomic mass is 9.99. The minimum absolute atomic E-state index is 0.00568. The topological polar surface area (TPSA) is 175 Å². The van der Waals surface area contributed by atoms with E-state index in [0.717, 1.165) is 64.2 Å². The molecule has 1 amide bonds. The maximum absolute atomic E-state index is 13.1. The molecule has 1 fully saturated rings. The Kier molecular flexibility index (Phi) is 68.5. The summed E-state index contributed by atoms with van der Waals surface area (Å²) in [6, 6.07) is -0.808. The number of aliphatic hydroxyl groups excluding tert-OH is 5. The summed E-state index contributed by atoms with van der Waals surface area (Å²) in [5.74, 6) is -0.170. The summed E-state index contributed by atoms with van der Waals surface area (Å²) in [6.07, 6.45) is 85.7. The molecule has 11 nitrogen and oxygen atoms in total. The molecule has 0 aromatic rings. The summed E-state index contributed by atoms with van der Waals surface area (Å²) >= 11 is 0. The normalized spacial score (nSPS) is 17.6. The lowest BCUT2D eigenvalue weighted by molar-refractivity contribution is -0.302.